The van der Waals surface area contributed by atoms with Crippen LogP contribution in [-0.2, 0) is 4.79 Å². The van der Waals surface area contributed by atoms with Crippen molar-refractivity contribution >= 4 is 45.4 Å². The number of aliphatic hydroxyl groups is 1. The Labute approximate surface area is 194 Å². The molecule has 2 unspecified atom stereocenters. The number of H-pyrrole nitrogens is 2. The highest BCUT2D eigenvalue weighted by Gasteiger charge is 2.30. The van der Waals surface area contributed by atoms with E-state index in [4.69, 9.17) is 5.73 Å². The lowest BCUT2D eigenvalue weighted by Gasteiger charge is -2.24. The number of anilines is 2. The second-order valence-corrected chi connectivity index (χ2v) is 7.92. The first-order chi connectivity index (χ1) is 16.5. The van der Waals surface area contributed by atoms with Gasteiger partial charge in [-0.2, -0.15) is 0 Å². The monoisotopic (exact) mass is 454 g/mol. The molecule has 0 bridgehead atoms. The quantitative estimate of drug-likeness (QED) is 0.233. The minimum absolute atomic E-state index is 0.266. The minimum atomic E-state index is -1.56. The van der Waals surface area contributed by atoms with Crippen LogP contribution in [0.2, 0.25) is 0 Å². The van der Waals surface area contributed by atoms with E-state index in [1.165, 1.54) is 0 Å². The highest BCUT2D eigenvalue weighted by atomic mass is 16.3. The average molecular weight is 454 g/mol. The first kappa shape index (κ1) is 21.2. The van der Waals surface area contributed by atoms with Gasteiger partial charge in [0.1, 0.15) is 5.69 Å². The van der Waals surface area contributed by atoms with E-state index in [2.05, 4.69) is 25.6 Å². The number of fused-ring (bicyclic) bond motifs is 2. The Morgan fingerprint density at radius 1 is 0.912 bits per heavy atom. The third-order valence-corrected chi connectivity index (χ3v) is 5.57. The molecule has 2 heterocycles. The van der Waals surface area contributed by atoms with Gasteiger partial charge in [-0.05, 0) is 35.9 Å². The smallest absolute Gasteiger partial charge is 0.268 e. The second-order valence-electron chi connectivity index (χ2n) is 7.92. The first-order valence-corrected chi connectivity index (χ1v) is 10.7. The molecule has 5 rings (SSSR count). The number of carbonyl (C=O) groups is 2. The van der Waals surface area contributed by atoms with Crippen molar-refractivity contribution in [2.75, 3.05) is 11.1 Å². The molecule has 0 aliphatic rings. The lowest BCUT2D eigenvalue weighted by Crippen LogP contribution is -2.42. The maximum atomic E-state index is 13.0. The number of nitrogens with one attached hydrogen (secondary N) is 4. The van der Waals surface area contributed by atoms with Gasteiger partial charge in [-0.3, -0.25) is 9.59 Å². The number of carbonyl (C=O) groups excluding carboxylic acids is 2. The summed E-state index contributed by atoms with van der Waals surface area (Å²) < 4.78 is 0. The molecule has 0 spiro atoms. The molecule has 2 atom stereocenters. The van der Waals surface area contributed by atoms with Gasteiger partial charge in [-0.15, -0.1) is 0 Å². The van der Waals surface area contributed by atoms with E-state index in [1.807, 2.05) is 30.3 Å². The van der Waals surface area contributed by atoms with Gasteiger partial charge in [0.25, 0.3) is 11.8 Å². The number of aromatic amines is 2. The van der Waals surface area contributed by atoms with Crippen LogP contribution in [0.25, 0.3) is 21.9 Å². The van der Waals surface area contributed by atoms with E-state index >= 15 is 0 Å². The molecule has 3 aromatic carbocycles. The Kier molecular flexibility index (Phi) is 5.44. The molecule has 2 aromatic heterocycles. The number of rotatable bonds is 6. The zero-order chi connectivity index (χ0) is 23.7. The van der Waals surface area contributed by atoms with Crippen LogP contribution in [0.1, 0.15) is 22.1 Å². The standard InChI is InChI=1S/C25H22N6O3/c26-25-29-18-11-10-16(13-19(18)30-25)27-24(34)22(32)21(14-6-2-1-3-7-14)31-23(33)20-12-15-8-4-5-9-17(15)28-20/h1-13,21-22,28,32H,(H,27,34)(H,31,33)(H3,26,29,30). The molecule has 0 aliphatic carbocycles. The van der Waals surface area contributed by atoms with E-state index in [0.717, 1.165) is 10.9 Å². The van der Waals surface area contributed by atoms with Crippen molar-refractivity contribution < 1.29 is 14.7 Å². The van der Waals surface area contributed by atoms with Crippen LogP contribution in [0.5, 0.6) is 0 Å². The van der Waals surface area contributed by atoms with Crippen LogP contribution in [0.4, 0.5) is 11.6 Å². The van der Waals surface area contributed by atoms with Crippen molar-refractivity contribution in [3.63, 3.8) is 0 Å². The van der Waals surface area contributed by atoms with Gasteiger partial charge in [0.05, 0.1) is 17.1 Å². The van der Waals surface area contributed by atoms with Crippen LogP contribution in [0.3, 0.4) is 0 Å². The van der Waals surface area contributed by atoms with Gasteiger partial charge >= 0.3 is 0 Å². The predicted octanol–water partition coefficient (Wildman–Crippen LogP) is 3.10. The molecule has 0 radical (unpaired) electrons. The minimum Gasteiger partial charge on any atom is -0.381 e. The summed E-state index contributed by atoms with van der Waals surface area (Å²) >= 11 is 0. The van der Waals surface area contributed by atoms with E-state index < -0.39 is 24.0 Å². The Balaban J connectivity index is 1.39. The third-order valence-electron chi connectivity index (χ3n) is 5.57. The fraction of sp³-hybridized carbons (Fsp3) is 0.0800. The highest BCUT2D eigenvalue weighted by Crippen LogP contribution is 2.22. The van der Waals surface area contributed by atoms with E-state index in [-0.39, 0.29) is 5.95 Å². The molecule has 9 heteroatoms. The fourth-order valence-corrected chi connectivity index (χ4v) is 3.89. The molecular weight excluding hydrogens is 432 g/mol. The second kappa shape index (κ2) is 8.72. The Morgan fingerprint density at radius 3 is 2.47 bits per heavy atom. The normalized spacial score (nSPS) is 13.0. The molecular formula is C25H22N6O3. The molecule has 5 aromatic rings. The van der Waals surface area contributed by atoms with Gasteiger partial charge in [0.15, 0.2) is 12.1 Å². The number of hydrogen-bond donors (Lipinski definition) is 6. The molecule has 2 amide bonds. The van der Waals surface area contributed by atoms with Crippen LogP contribution in [0, 0.1) is 0 Å². The van der Waals surface area contributed by atoms with E-state index in [1.54, 1.807) is 48.5 Å². The van der Waals surface area contributed by atoms with Crippen molar-refractivity contribution in [3.05, 3.63) is 90.1 Å². The van der Waals surface area contributed by atoms with Crippen LogP contribution in [0.15, 0.2) is 78.9 Å². The molecule has 7 N–H and O–H groups in total. The van der Waals surface area contributed by atoms with Crippen molar-refractivity contribution in [2.45, 2.75) is 12.1 Å². The molecule has 9 nitrogen and oxygen atoms in total. The average Bonchev–Trinajstić information content (AvgIpc) is 3.45. The van der Waals surface area contributed by atoms with Crippen molar-refractivity contribution in [2.24, 2.45) is 0 Å². The lowest BCUT2D eigenvalue weighted by molar-refractivity contribution is -0.125. The van der Waals surface area contributed by atoms with Gasteiger partial charge in [-0.1, -0.05) is 48.5 Å². The number of nitrogens with zero attached hydrogens (tertiary/aromatic N) is 1. The summed E-state index contributed by atoms with van der Waals surface area (Å²) in [5.74, 6) is -0.841. The number of benzene rings is 3. The van der Waals surface area contributed by atoms with Crippen LogP contribution in [-0.4, -0.2) is 38.0 Å². The topological polar surface area (TPSA) is 149 Å². The summed E-state index contributed by atoms with van der Waals surface area (Å²) in [7, 11) is 0. The summed E-state index contributed by atoms with van der Waals surface area (Å²) in [4.78, 5) is 36.1. The van der Waals surface area contributed by atoms with Gasteiger partial charge in [0, 0.05) is 16.6 Å². The summed E-state index contributed by atoms with van der Waals surface area (Å²) in [5, 5.41) is 17.3. The Morgan fingerprint density at radius 2 is 1.68 bits per heavy atom. The molecule has 170 valence electrons. The highest BCUT2D eigenvalue weighted by molar-refractivity contribution is 6.00. The number of hydrogen-bond acceptors (Lipinski definition) is 5. The number of amides is 2. The van der Waals surface area contributed by atoms with Gasteiger partial charge in [0.2, 0.25) is 0 Å². The van der Waals surface area contributed by atoms with Gasteiger partial charge < -0.3 is 31.4 Å². The molecule has 0 saturated carbocycles. The summed E-state index contributed by atoms with van der Waals surface area (Å²) in [5.41, 5.74) is 9.17. The number of imidazole rings is 1. The summed E-state index contributed by atoms with van der Waals surface area (Å²) in [6.45, 7) is 0. The third kappa shape index (κ3) is 4.19. The summed E-state index contributed by atoms with van der Waals surface area (Å²) in [6, 6.07) is 22.2. The van der Waals surface area contributed by atoms with Crippen molar-refractivity contribution in [1.82, 2.24) is 20.3 Å². The number of nitrogen functional groups attached to an aromatic ring is 1. The lowest BCUT2D eigenvalue weighted by atomic mass is 10.00. The van der Waals surface area contributed by atoms with Crippen LogP contribution >= 0.6 is 0 Å². The predicted molar refractivity (Wildman–Crippen MR) is 130 cm³/mol. The number of aromatic nitrogens is 3. The molecule has 0 fully saturated rings. The van der Waals surface area contributed by atoms with E-state index in [0.29, 0.717) is 28.0 Å². The Bertz CT molecular complexity index is 1460. The van der Waals surface area contributed by atoms with Crippen molar-refractivity contribution in [3.8, 4) is 0 Å². The molecule has 0 aliphatic heterocycles. The number of para-hydroxylation sites is 1. The Hall–Kier alpha value is -4.63. The number of aliphatic hydroxyl groups excluding tert-OH is 1. The SMILES string of the molecule is Nc1nc2ccc(NC(=O)C(O)C(NC(=O)c3cc4ccccc4[nH]3)c3ccccc3)cc2[nH]1. The molecule has 34 heavy (non-hydrogen) atoms. The van der Waals surface area contributed by atoms with Gasteiger partial charge in [-0.25, -0.2) is 4.98 Å². The number of nitrogens with two attached hydrogens (primary N) is 1. The van der Waals surface area contributed by atoms with Crippen LogP contribution < -0.4 is 16.4 Å². The summed E-state index contributed by atoms with van der Waals surface area (Å²) in [6.07, 6.45) is -1.56. The zero-order valence-electron chi connectivity index (χ0n) is 17.9. The first-order valence-electron chi connectivity index (χ1n) is 10.7. The molecule has 0 saturated heterocycles. The maximum Gasteiger partial charge on any atom is 0.268 e. The fourth-order valence-electron chi connectivity index (χ4n) is 3.89. The van der Waals surface area contributed by atoms with E-state index in [9.17, 15) is 14.7 Å². The largest absolute Gasteiger partial charge is 0.381 e. The van der Waals surface area contributed by atoms with Crippen molar-refractivity contribution in [1.29, 1.82) is 0 Å². The maximum absolute atomic E-state index is 13.0. The zero-order valence-corrected chi connectivity index (χ0v) is 17.9.